The molecule has 1 saturated carbocycles. The molecule has 3 heteroatoms. The number of rotatable bonds is 6. The molecule has 2 aliphatic rings. The van der Waals surface area contributed by atoms with Crippen molar-refractivity contribution in [2.45, 2.75) is 70.4 Å². The number of hydrogen-bond acceptors (Lipinski definition) is 3. The van der Waals surface area contributed by atoms with Crippen LogP contribution in [0.25, 0.3) is 0 Å². The van der Waals surface area contributed by atoms with Gasteiger partial charge in [-0.1, -0.05) is 32.3 Å². The van der Waals surface area contributed by atoms with Gasteiger partial charge >= 0.3 is 0 Å². The smallest absolute Gasteiger partial charge is 0.126 e. The number of pyridine rings is 1. The second-order valence-electron chi connectivity index (χ2n) is 6.65. The molecule has 1 N–H and O–H groups in total. The molecule has 21 heavy (non-hydrogen) atoms. The van der Waals surface area contributed by atoms with Crippen molar-refractivity contribution in [1.82, 2.24) is 9.88 Å². The van der Waals surface area contributed by atoms with Gasteiger partial charge in [-0.2, -0.15) is 0 Å². The van der Waals surface area contributed by atoms with Crippen molar-refractivity contribution < 1.29 is 0 Å². The summed E-state index contributed by atoms with van der Waals surface area (Å²) in [4.78, 5) is 7.31. The number of likely N-dealkylation sites (tertiary alicyclic amines) is 1. The van der Waals surface area contributed by atoms with E-state index in [2.05, 4.69) is 40.5 Å². The summed E-state index contributed by atoms with van der Waals surface area (Å²) in [6.45, 7) is 4.77. The van der Waals surface area contributed by atoms with Gasteiger partial charge in [-0.3, -0.25) is 4.90 Å². The molecule has 2 heterocycles. The van der Waals surface area contributed by atoms with E-state index in [1.165, 1.54) is 70.0 Å². The molecule has 1 aromatic rings. The average molecular weight is 287 g/mol. The zero-order valence-corrected chi connectivity index (χ0v) is 13.4. The Morgan fingerprint density at radius 3 is 2.76 bits per heavy atom. The second kappa shape index (κ2) is 7.26. The van der Waals surface area contributed by atoms with E-state index >= 15 is 0 Å². The summed E-state index contributed by atoms with van der Waals surface area (Å²) in [7, 11) is 0. The number of anilines is 1. The molecular weight excluding hydrogens is 258 g/mol. The summed E-state index contributed by atoms with van der Waals surface area (Å²) in [5.74, 6) is 1.06. The van der Waals surface area contributed by atoms with Crippen molar-refractivity contribution in [2.24, 2.45) is 0 Å². The lowest BCUT2D eigenvalue weighted by Crippen LogP contribution is -2.24. The van der Waals surface area contributed by atoms with Crippen LogP contribution in [0.15, 0.2) is 18.3 Å². The van der Waals surface area contributed by atoms with Crippen LogP contribution in [0.3, 0.4) is 0 Å². The van der Waals surface area contributed by atoms with Gasteiger partial charge in [-0.05, 0) is 56.8 Å². The van der Waals surface area contributed by atoms with E-state index in [9.17, 15) is 0 Å². The molecule has 3 rings (SSSR count). The van der Waals surface area contributed by atoms with E-state index < -0.39 is 0 Å². The van der Waals surface area contributed by atoms with Crippen LogP contribution in [-0.2, 0) is 0 Å². The zero-order chi connectivity index (χ0) is 14.5. The maximum atomic E-state index is 4.66. The van der Waals surface area contributed by atoms with E-state index in [4.69, 9.17) is 0 Å². The Balaban J connectivity index is 1.60. The van der Waals surface area contributed by atoms with E-state index in [0.717, 1.165) is 5.82 Å². The van der Waals surface area contributed by atoms with E-state index in [-0.39, 0.29) is 0 Å². The summed E-state index contributed by atoms with van der Waals surface area (Å²) in [5, 5.41) is 3.58. The van der Waals surface area contributed by atoms with Crippen molar-refractivity contribution in [2.75, 3.05) is 18.4 Å². The molecule has 2 fully saturated rings. The maximum Gasteiger partial charge on any atom is 0.126 e. The first-order valence-electron chi connectivity index (χ1n) is 8.83. The van der Waals surface area contributed by atoms with E-state index in [1.54, 1.807) is 0 Å². The third-order valence-electron chi connectivity index (χ3n) is 5.04. The zero-order valence-electron chi connectivity index (χ0n) is 13.4. The fourth-order valence-corrected chi connectivity index (χ4v) is 3.80. The predicted octanol–water partition coefficient (Wildman–Crippen LogP) is 4.37. The first kappa shape index (κ1) is 14.8. The molecule has 0 unspecified atom stereocenters. The van der Waals surface area contributed by atoms with Crippen molar-refractivity contribution in [1.29, 1.82) is 0 Å². The van der Waals surface area contributed by atoms with Crippen LogP contribution in [0.5, 0.6) is 0 Å². The number of unbranched alkanes of at least 4 members (excludes halogenated alkanes) is 1. The Labute approximate surface area is 129 Å². The summed E-state index contributed by atoms with van der Waals surface area (Å²) in [5.41, 5.74) is 1.40. The average Bonchev–Trinajstić information content (AvgIpc) is 3.17. The van der Waals surface area contributed by atoms with Gasteiger partial charge in [0, 0.05) is 18.3 Å². The van der Waals surface area contributed by atoms with Crippen molar-refractivity contribution in [3.63, 3.8) is 0 Å². The fraction of sp³-hybridized carbons (Fsp3) is 0.722. The van der Waals surface area contributed by atoms with E-state index in [0.29, 0.717) is 12.1 Å². The Morgan fingerprint density at radius 1 is 1.19 bits per heavy atom. The molecule has 0 bridgehead atoms. The van der Waals surface area contributed by atoms with Crippen LogP contribution in [0.2, 0.25) is 0 Å². The van der Waals surface area contributed by atoms with Crippen LogP contribution in [0, 0.1) is 0 Å². The largest absolute Gasteiger partial charge is 0.367 e. The van der Waals surface area contributed by atoms with Crippen molar-refractivity contribution in [3.05, 3.63) is 23.9 Å². The Kier molecular flexibility index (Phi) is 5.13. The molecule has 3 nitrogen and oxygen atoms in total. The highest BCUT2D eigenvalue weighted by molar-refractivity contribution is 5.37. The van der Waals surface area contributed by atoms with Gasteiger partial charge in [0.15, 0.2) is 0 Å². The highest BCUT2D eigenvalue weighted by Crippen LogP contribution is 2.32. The highest BCUT2D eigenvalue weighted by atomic mass is 15.2. The van der Waals surface area contributed by atoms with Crippen LogP contribution in [0.4, 0.5) is 5.82 Å². The number of nitrogens with one attached hydrogen (secondary N) is 1. The lowest BCUT2D eigenvalue weighted by molar-refractivity contribution is 0.253. The van der Waals surface area contributed by atoms with Gasteiger partial charge in [-0.25, -0.2) is 4.98 Å². The van der Waals surface area contributed by atoms with Crippen molar-refractivity contribution in [3.8, 4) is 0 Å². The van der Waals surface area contributed by atoms with Crippen LogP contribution in [-0.4, -0.2) is 29.0 Å². The number of hydrogen-bond donors (Lipinski definition) is 1. The summed E-state index contributed by atoms with van der Waals surface area (Å²) in [6, 6.07) is 5.73. The third kappa shape index (κ3) is 3.76. The summed E-state index contributed by atoms with van der Waals surface area (Å²) >= 11 is 0. The first-order chi connectivity index (χ1) is 10.4. The molecule has 1 aliphatic carbocycles. The maximum absolute atomic E-state index is 4.66. The van der Waals surface area contributed by atoms with Gasteiger partial charge in [0.25, 0.3) is 0 Å². The molecule has 0 spiro atoms. The normalized spacial score (nSPS) is 23.8. The molecule has 1 saturated heterocycles. The minimum absolute atomic E-state index is 0.601. The molecule has 116 valence electrons. The summed E-state index contributed by atoms with van der Waals surface area (Å²) < 4.78 is 0. The van der Waals surface area contributed by atoms with Crippen LogP contribution in [0.1, 0.15) is 69.9 Å². The Hall–Kier alpha value is -1.09. The predicted molar refractivity (Wildman–Crippen MR) is 88.6 cm³/mol. The second-order valence-corrected chi connectivity index (χ2v) is 6.65. The molecule has 0 amide bonds. The molecular formula is C18H29N3. The molecule has 1 aliphatic heterocycles. The minimum Gasteiger partial charge on any atom is -0.367 e. The number of aromatic nitrogens is 1. The van der Waals surface area contributed by atoms with Gasteiger partial charge in [-0.15, -0.1) is 0 Å². The molecule has 0 radical (unpaired) electrons. The third-order valence-corrected chi connectivity index (χ3v) is 5.04. The monoisotopic (exact) mass is 287 g/mol. The van der Waals surface area contributed by atoms with Gasteiger partial charge in [0.1, 0.15) is 5.82 Å². The minimum atomic E-state index is 0.601. The number of nitrogens with zero attached hydrogens (tertiary/aromatic N) is 2. The molecule has 1 aromatic heterocycles. The topological polar surface area (TPSA) is 28.2 Å². The Morgan fingerprint density at radius 2 is 2.05 bits per heavy atom. The van der Waals surface area contributed by atoms with Gasteiger partial charge in [0.05, 0.1) is 0 Å². The quantitative estimate of drug-likeness (QED) is 0.842. The van der Waals surface area contributed by atoms with Crippen LogP contribution >= 0.6 is 0 Å². The Bertz CT molecular complexity index is 423. The van der Waals surface area contributed by atoms with Gasteiger partial charge < -0.3 is 5.32 Å². The van der Waals surface area contributed by atoms with Crippen LogP contribution < -0.4 is 5.32 Å². The lowest BCUT2D eigenvalue weighted by atomic mass is 10.1. The molecule has 1 atom stereocenters. The highest BCUT2D eigenvalue weighted by Gasteiger charge is 2.25. The van der Waals surface area contributed by atoms with E-state index in [1.807, 2.05) is 0 Å². The van der Waals surface area contributed by atoms with Gasteiger partial charge in [0.2, 0.25) is 0 Å². The molecule has 0 aromatic carbocycles. The standard InChI is InChI=1S/C18H29N3/c1-2-3-12-21-13-6-9-17(21)15-10-11-18(19-14-15)20-16-7-4-5-8-16/h10-11,14,16-17H,2-9,12-13H2,1H3,(H,19,20)/t17-/m0/s1. The van der Waals surface area contributed by atoms with Crippen molar-refractivity contribution >= 4 is 5.82 Å². The first-order valence-corrected chi connectivity index (χ1v) is 8.83. The summed E-state index contributed by atoms with van der Waals surface area (Å²) in [6.07, 6.45) is 12.7. The lowest BCUT2D eigenvalue weighted by Gasteiger charge is -2.24. The SMILES string of the molecule is CCCCN1CCC[C@H]1c1ccc(NC2CCCC2)nc1. The fourth-order valence-electron chi connectivity index (χ4n) is 3.80.